The summed E-state index contributed by atoms with van der Waals surface area (Å²) in [4.78, 5) is 4.87. The molecule has 3 heterocycles. The monoisotopic (exact) mass is 797 g/mol. The predicted octanol–water partition coefficient (Wildman–Crippen LogP) is 9.99. The van der Waals surface area contributed by atoms with E-state index < -0.39 is 0 Å². The van der Waals surface area contributed by atoms with Gasteiger partial charge in [-0.25, -0.2) is 4.98 Å². The summed E-state index contributed by atoms with van der Waals surface area (Å²) in [5, 5.41) is 6.87. The Balaban J connectivity index is 0.00000386. The van der Waals surface area contributed by atoms with Gasteiger partial charge in [0.25, 0.3) is 0 Å². The molecule has 0 aliphatic rings. The first kappa shape index (κ1) is 32.5. The van der Waals surface area contributed by atoms with Gasteiger partial charge in [0.1, 0.15) is 5.82 Å². The Bertz CT molecular complexity index is 2220. The van der Waals surface area contributed by atoms with E-state index in [1.807, 2.05) is 49.0 Å². The van der Waals surface area contributed by atoms with Crippen molar-refractivity contribution in [2.45, 2.75) is 59.3 Å². The molecule has 238 valence electrons. The number of aromatic nitrogens is 4. The third-order valence-corrected chi connectivity index (χ3v) is 8.92. The number of pyridine rings is 1. The first-order chi connectivity index (χ1) is 22.0. The van der Waals surface area contributed by atoms with E-state index >= 15 is 0 Å². The van der Waals surface area contributed by atoms with E-state index in [1.54, 1.807) is 0 Å². The maximum absolute atomic E-state index is 6.41. The van der Waals surface area contributed by atoms with Gasteiger partial charge in [0, 0.05) is 34.3 Å². The summed E-state index contributed by atoms with van der Waals surface area (Å²) in [6.07, 6.45) is 1.90. The standard InChI is InChI=1S/C41H38N4O.Pt/c1-27-22-28(2)45(43-27)32-14-11-15-33(25-32)46-34-17-18-35-36-23-31(41(6,7)29-12-9-8-10-13-29)16-19-37(36)44(38(35)26-34)39-24-30(20-21-42-39)40(3,4)5;/h8-24H,1-7H3;/q-2;+2. The van der Waals surface area contributed by atoms with Gasteiger partial charge in [0.15, 0.2) is 0 Å². The van der Waals surface area contributed by atoms with Crippen LogP contribution in [0.5, 0.6) is 11.5 Å². The van der Waals surface area contributed by atoms with Crippen LogP contribution >= 0.6 is 0 Å². The largest absolute Gasteiger partial charge is 2.00 e. The number of hydrogen-bond donors (Lipinski definition) is 0. The molecule has 47 heavy (non-hydrogen) atoms. The van der Waals surface area contributed by atoms with Crippen molar-refractivity contribution in [2.75, 3.05) is 0 Å². The van der Waals surface area contributed by atoms with E-state index in [0.717, 1.165) is 44.7 Å². The second-order valence-electron chi connectivity index (χ2n) is 13.6. The summed E-state index contributed by atoms with van der Waals surface area (Å²) in [7, 11) is 0. The number of nitrogens with zero attached hydrogens (tertiary/aromatic N) is 4. The van der Waals surface area contributed by atoms with Gasteiger partial charge in [-0.1, -0.05) is 82.6 Å². The second-order valence-corrected chi connectivity index (χ2v) is 13.6. The Kier molecular flexibility index (Phi) is 8.48. The van der Waals surface area contributed by atoms with Gasteiger partial charge in [-0.05, 0) is 71.3 Å². The fraction of sp³-hybridized carbons (Fsp3) is 0.220. The van der Waals surface area contributed by atoms with Gasteiger partial charge >= 0.3 is 21.1 Å². The van der Waals surface area contributed by atoms with E-state index in [1.165, 1.54) is 16.7 Å². The topological polar surface area (TPSA) is 44.9 Å². The molecule has 3 aromatic heterocycles. The molecule has 4 aromatic carbocycles. The molecule has 7 aromatic rings. The molecule has 0 unspecified atom stereocenters. The Morgan fingerprint density at radius 1 is 0.681 bits per heavy atom. The first-order valence-electron chi connectivity index (χ1n) is 15.8. The maximum atomic E-state index is 6.41. The van der Waals surface area contributed by atoms with Crippen molar-refractivity contribution in [1.82, 2.24) is 19.3 Å². The van der Waals surface area contributed by atoms with Crippen LogP contribution in [-0.2, 0) is 31.9 Å². The van der Waals surface area contributed by atoms with Gasteiger partial charge in [-0.15, -0.1) is 35.7 Å². The minimum Gasteiger partial charge on any atom is -0.509 e. The summed E-state index contributed by atoms with van der Waals surface area (Å²) < 4.78 is 10.5. The number of rotatable bonds is 6. The zero-order valence-corrected chi connectivity index (χ0v) is 30.1. The molecule has 5 nitrogen and oxygen atoms in total. The Hall–Kier alpha value is -4.47. The van der Waals surface area contributed by atoms with E-state index in [-0.39, 0.29) is 31.9 Å². The Morgan fingerprint density at radius 3 is 2.17 bits per heavy atom. The van der Waals surface area contributed by atoms with Crippen LogP contribution in [0.2, 0.25) is 0 Å². The summed E-state index contributed by atoms with van der Waals surface area (Å²) in [5.74, 6) is 2.06. The number of aryl methyl sites for hydroxylation is 2. The van der Waals surface area contributed by atoms with Crippen LogP contribution in [-0.4, -0.2) is 19.3 Å². The Morgan fingerprint density at radius 2 is 1.45 bits per heavy atom. The maximum Gasteiger partial charge on any atom is 2.00 e. The fourth-order valence-corrected chi connectivity index (χ4v) is 6.25. The van der Waals surface area contributed by atoms with Crippen LogP contribution in [0.15, 0.2) is 103 Å². The molecule has 0 aliphatic heterocycles. The molecule has 0 atom stereocenters. The number of benzene rings is 4. The number of hydrogen-bond acceptors (Lipinski definition) is 3. The molecule has 0 aliphatic carbocycles. The third kappa shape index (κ3) is 6.05. The van der Waals surface area contributed by atoms with Crippen molar-refractivity contribution >= 4 is 21.8 Å². The quantitative estimate of drug-likeness (QED) is 0.158. The third-order valence-electron chi connectivity index (χ3n) is 8.92. The van der Waals surface area contributed by atoms with E-state index in [0.29, 0.717) is 11.5 Å². The van der Waals surface area contributed by atoms with E-state index in [9.17, 15) is 0 Å². The van der Waals surface area contributed by atoms with E-state index in [4.69, 9.17) is 9.72 Å². The normalized spacial score (nSPS) is 12.0. The van der Waals surface area contributed by atoms with Crippen LogP contribution in [0, 0.1) is 26.0 Å². The second kappa shape index (κ2) is 12.3. The fourth-order valence-electron chi connectivity index (χ4n) is 6.25. The van der Waals surface area contributed by atoms with Gasteiger partial charge in [0.2, 0.25) is 0 Å². The molecular weight excluding hydrogens is 760 g/mol. The molecule has 6 heteroatoms. The van der Waals surface area contributed by atoms with Crippen molar-refractivity contribution in [3.05, 3.63) is 143 Å². The summed E-state index contributed by atoms with van der Waals surface area (Å²) >= 11 is 0. The molecule has 0 amide bonds. The Labute approximate surface area is 291 Å². The van der Waals surface area contributed by atoms with Crippen LogP contribution in [0.4, 0.5) is 0 Å². The molecule has 0 spiro atoms. The van der Waals surface area contributed by atoms with Gasteiger partial charge in [0.05, 0.1) is 5.69 Å². The average Bonchev–Trinajstić information content (AvgIpc) is 3.56. The van der Waals surface area contributed by atoms with Gasteiger partial charge in [-0.3, -0.25) is 4.68 Å². The van der Waals surface area contributed by atoms with Crippen molar-refractivity contribution in [3.63, 3.8) is 0 Å². The molecule has 0 fully saturated rings. The van der Waals surface area contributed by atoms with Gasteiger partial charge < -0.3 is 9.30 Å². The molecule has 7 rings (SSSR count). The molecule has 0 saturated heterocycles. The molecule has 0 saturated carbocycles. The van der Waals surface area contributed by atoms with Crippen molar-refractivity contribution in [1.29, 1.82) is 0 Å². The molecule has 0 N–H and O–H groups in total. The molecular formula is C41H38N4OPt. The van der Waals surface area contributed by atoms with Crippen LogP contribution in [0.3, 0.4) is 0 Å². The summed E-state index contributed by atoms with van der Waals surface area (Å²) in [6, 6.07) is 40.8. The average molecular weight is 798 g/mol. The minimum absolute atomic E-state index is 0. The SMILES string of the molecule is Cc1cc(C)n(-c2[c-]c(Oc3[c-]c4c(cc3)c3cc(C(C)(C)c5ccccc5)ccc3n4-c3cc(C(C)(C)C)ccn3)ccc2)n1.[Pt+2]. The van der Waals surface area contributed by atoms with Crippen LogP contribution in [0.1, 0.15) is 62.7 Å². The zero-order valence-electron chi connectivity index (χ0n) is 27.8. The van der Waals surface area contributed by atoms with Crippen molar-refractivity contribution in [3.8, 4) is 23.0 Å². The van der Waals surface area contributed by atoms with Crippen LogP contribution < -0.4 is 4.74 Å². The molecule has 0 bridgehead atoms. The smallest absolute Gasteiger partial charge is 0.509 e. The number of fused-ring (bicyclic) bond motifs is 3. The summed E-state index contributed by atoms with van der Waals surface area (Å²) in [5.41, 5.74) is 8.37. The molecule has 0 radical (unpaired) electrons. The zero-order chi connectivity index (χ0) is 32.2. The number of ether oxygens (including phenoxy) is 1. The van der Waals surface area contributed by atoms with Gasteiger partial charge in [-0.2, -0.15) is 17.2 Å². The first-order valence-corrected chi connectivity index (χ1v) is 15.8. The predicted molar refractivity (Wildman–Crippen MR) is 187 cm³/mol. The van der Waals surface area contributed by atoms with Crippen molar-refractivity contribution < 1.29 is 25.8 Å². The minimum atomic E-state index is -0.173. The van der Waals surface area contributed by atoms with Crippen LogP contribution in [0.25, 0.3) is 33.3 Å². The van der Waals surface area contributed by atoms with E-state index in [2.05, 4.69) is 129 Å². The summed E-state index contributed by atoms with van der Waals surface area (Å²) in [6.45, 7) is 15.3. The van der Waals surface area contributed by atoms with Crippen molar-refractivity contribution in [2.24, 2.45) is 0 Å².